The highest BCUT2D eigenvalue weighted by Gasteiger charge is 2.00. The maximum Gasteiger partial charge on any atom is 0.0421 e. The maximum absolute atomic E-state index is 5.91. The molecule has 94 valence electrons. The Labute approximate surface area is 109 Å². The summed E-state index contributed by atoms with van der Waals surface area (Å²) in [7, 11) is 0. The first-order valence-corrected chi connectivity index (χ1v) is 6.34. The quantitative estimate of drug-likeness (QED) is 0.793. The molecule has 0 unspecified atom stereocenters. The second-order valence-corrected chi connectivity index (χ2v) is 4.83. The minimum atomic E-state index is 0.573. The van der Waals surface area contributed by atoms with Gasteiger partial charge in [0.15, 0.2) is 0 Å². The van der Waals surface area contributed by atoms with Gasteiger partial charge in [0.2, 0.25) is 0 Å². The average Bonchev–Trinajstić information content (AvgIpc) is 2.38. The molecule has 0 radical (unpaired) electrons. The molecule has 2 heteroatoms. The summed E-state index contributed by atoms with van der Waals surface area (Å²) in [6.07, 6.45) is 0. The summed E-state index contributed by atoms with van der Waals surface area (Å²) in [5, 5.41) is 3.39. The molecule has 2 rings (SSSR count). The fraction of sp³-hybridized carbons (Fsp3) is 0.250. The van der Waals surface area contributed by atoms with E-state index in [9.17, 15) is 0 Å². The van der Waals surface area contributed by atoms with Crippen molar-refractivity contribution in [1.82, 2.24) is 0 Å². The molecule has 3 N–H and O–H groups in total. The van der Waals surface area contributed by atoms with Crippen molar-refractivity contribution in [2.24, 2.45) is 0 Å². The van der Waals surface area contributed by atoms with Gasteiger partial charge in [-0.25, -0.2) is 0 Å². The number of nitrogens with one attached hydrogen (secondary N) is 1. The van der Waals surface area contributed by atoms with Gasteiger partial charge < -0.3 is 11.1 Å². The highest BCUT2D eigenvalue weighted by molar-refractivity contribution is 5.50. The SMILES string of the molecule is CC(C)c1ccc(NCc2ccccc2N)cc1. The zero-order valence-electron chi connectivity index (χ0n) is 11.0. The molecule has 2 aromatic rings. The van der Waals surface area contributed by atoms with E-state index in [2.05, 4.69) is 43.4 Å². The summed E-state index contributed by atoms with van der Waals surface area (Å²) in [4.78, 5) is 0. The Morgan fingerprint density at radius 3 is 2.28 bits per heavy atom. The molecule has 0 heterocycles. The molecule has 0 aliphatic rings. The van der Waals surface area contributed by atoms with Crippen molar-refractivity contribution in [2.75, 3.05) is 11.1 Å². The number of rotatable bonds is 4. The third-order valence-electron chi connectivity index (χ3n) is 3.12. The summed E-state index contributed by atoms with van der Waals surface area (Å²) < 4.78 is 0. The van der Waals surface area contributed by atoms with Crippen LogP contribution in [-0.4, -0.2) is 0 Å². The molecule has 0 bridgehead atoms. The van der Waals surface area contributed by atoms with Crippen LogP contribution < -0.4 is 11.1 Å². The van der Waals surface area contributed by atoms with E-state index in [-0.39, 0.29) is 0 Å². The van der Waals surface area contributed by atoms with Crippen LogP contribution in [0.5, 0.6) is 0 Å². The lowest BCUT2D eigenvalue weighted by atomic mass is 10.0. The lowest BCUT2D eigenvalue weighted by Crippen LogP contribution is -2.02. The van der Waals surface area contributed by atoms with Crippen molar-refractivity contribution in [3.05, 3.63) is 59.7 Å². The van der Waals surface area contributed by atoms with Crippen LogP contribution in [0.1, 0.15) is 30.9 Å². The number of nitrogens with two attached hydrogens (primary N) is 1. The lowest BCUT2D eigenvalue weighted by Gasteiger charge is -2.10. The van der Waals surface area contributed by atoms with Crippen LogP contribution in [0.3, 0.4) is 0 Å². The van der Waals surface area contributed by atoms with Gasteiger partial charge >= 0.3 is 0 Å². The zero-order chi connectivity index (χ0) is 13.0. The van der Waals surface area contributed by atoms with Gasteiger partial charge in [0.25, 0.3) is 0 Å². The van der Waals surface area contributed by atoms with Crippen LogP contribution in [-0.2, 0) is 6.54 Å². The van der Waals surface area contributed by atoms with Gasteiger partial charge in [0.1, 0.15) is 0 Å². The summed E-state index contributed by atoms with van der Waals surface area (Å²) in [6, 6.07) is 16.5. The first-order chi connectivity index (χ1) is 8.66. The van der Waals surface area contributed by atoms with Gasteiger partial charge in [-0.15, -0.1) is 0 Å². The normalized spacial score (nSPS) is 10.6. The molecular weight excluding hydrogens is 220 g/mol. The molecule has 0 amide bonds. The summed E-state index contributed by atoms with van der Waals surface area (Å²) in [5.74, 6) is 0.573. The standard InChI is InChI=1S/C16H20N2/c1-12(2)13-7-9-15(10-8-13)18-11-14-5-3-4-6-16(14)17/h3-10,12,18H,11,17H2,1-2H3. The van der Waals surface area contributed by atoms with E-state index in [4.69, 9.17) is 5.73 Å². The van der Waals surface area contributed by atoms with Crippen molar-refractivity contribution in [3.8, 4) is 0 Å². The van der Waals surface area contributed by atoms with E-state index >= 15 is 0 Å². The maximum atomic E-state index is 5.91. The third kappa shape index (κ3) is 3.04. The molecule has 0 saturated heterocycles. The van der Waals surface area contributed by atoms with Crippen LogP contribution in [0, 0.1) is 0 Å². The predicted octanol–water partition coefficient (Wildman–Crippen LogP) is 4.00. The van der Waals surface area contributed by atoms with Crippen molar-refractivity contribution in [1.29, 1.82) is 0 Å². The van der Waals surface area contributed by atoms with Crippen LogP contribution in [0.4, 0.5) is 11.4 Å². The van der Waals surface area contributed by atoms with Gasteiger partial charge in [0, 0.05) is 17.9 Å². The molecule has 0 aromatic heterocycles. The van der Waals surface area contributed by atoms with E-state index in [1.54, 1.807) is 0 Å². The van der Waals surface area contributed by atoms with Crippen molar-refractivity contribution < 1.29 is 0 Å². The minimum absolute atomic E-state index is 0.573. The summed E-state index contributed by atoms with van der Waals surface area (Å²) >= 11 is 0. The molecule has 0 spiro atoms. The first kappa shape index (κ1) is 12.5. The average molecular weight is 240 g/mol. The van der Waals surface area contributed by atoms with E-state index in [1.807, 2.05) is 24.3 Å². The van der Waals surface area contributed by atoms with E-state index in [0.717, 1.165) is 23.5 Å². The Hall–Kier alpha value is -1.96. The Kier molecular flexibility index (Phi) is 3.88. The van der Waals surface area contributed by atoms with Crippen molar-refractivity contribution in [2.45, 2.75) is 26.3 Å². The highest BCUT2D eigenvalue weighted by atomic mass is 14.9. The molecule has 0 atom stereocenters. The summed E-state index contributed by atoms with van der Waals surface area (Å²) in [5.41, 5.74) is 10.4. The fourth-order valence-electron chi connectivity index (χ4n) is 1.88. The molecule has 2 aromatic carbocycles. The molecular formula is C16H20N2. The topological polar surface area (TPSA) is 38.0 Å². The Balaban J connectivity index is 2.00. The summed E-state index contributed by atoms with van der Waals surface area (Å²) in [6.45, 7) is 5.16. The molecule has 0 aliphatic heterocycles. The molecule has 18 heavy (non-hydrogen) atoms. The smallest absolute Gasteiger partial charge is 0.0421 e. The predicted molar refractivity (Wildman–Crippen MR) is 78.7 cm³/mol. The minimum Gasteiger partial charge on any atom is -0.398 e. The van der Waals surface area contributed by atoms with Gasteiger partial charge in [-0.2, -0.15) is 0 Å². The second-order valence-electron chi connectivity index (χ2n) is 4.83. The molecule has 0 aliphatic carbocycles. The fourth-order valence-corrected chi connectivity index (χ4v) is 1.88. The van der Waals surface area contributed by atoms with E-state index in [0.29, 0.717) is 5.92 Å². The van der Waals surface area contributed by atoms with Crippen molar-refractivity contribution >= 4 is 11.4 Å². The van der Waals surface area contributed by atoms with Crippen LogP contribution in [0.25, 0.3) is 0 Å². The van der Waals surface area contributed by atoms with Crippen LogP contribution in [0.15, 0.2) is 48.5 Å². The lowest BCUT2D eigenvalue weighted by molar-refractivity contribution is 0.867. The van der Waals surface area contributed by atoms with Crippen molar-refractivity contribution in [3.63, 3.8) is 0 Å². The number of nitrogen functional groups attached to an aromatic ring is 1. The molecule has 0 saturated carbocycles. The molecule has 0 fully saturated rings. The number of benzene rings is 2. The number of hydrogen-bond acceptors (Lipinski definition) is 2. The Morgan fingerprint density at radius 1 is 1.00 bits per heavy atom. The third-order valence-corrected chi connectivity index (χ3v) is 3.12. The van der Waals surface area contributed by atoms with Gasteiger partial charge in [-0.1, -0.05) is 44.2 Å². The van der Waals surface area contributed by atoms with Gasteiger partial charge in [-0.05, 0) is 35.2 Å². The highest BCUT2D eigenvalue weighted by Crippen LogP contribution is 2.18. The zero-order valence-corrected chi connectivity index (χ0v) is 11.0. The van der Waals surface area contributed by atoms with Gasteiger partial charge in [0.05, 0.1) is 0 Å². The number of para-hydroxylation sites is 1. The van der Waals surface area contributed by atoms with E-state index in [1.165, 1.54) is 5.56 Å². The Morgan fingerprint density at radius 2 is 1.67 bits per heavy atom. The van der Waals surface area contributed by atoms with Crippen LogP contribution >= 0.6 is 0 Å². The largest absolute Gasteiger partial charge is 0.398 e. The van der Waals surface area contributed by atoms with Gasteiger partial charge in [-0.3, -0.25) is 0 Å². The monoisotopic (exact) mass is 240 g/mol. The van der Waals surface area contributed by atoms with Crippen LogP contribution in [0.2, 0.25) is 0 Å². The number of hydrogen-bond donors (Lipinski definition) is 2. The van der Waals surface area contributed by atoms with E-state index < -0.39 is 0 Å². The Bertz CT molecular complexity index is 501. The number of anilines is 2. The molecule has 2 nitrogen and oxygen atoms in total. The first-order valence-electron chi connectivity index (χ1n) is 6.34. The second kappa shape index (κ2) is 5.58.